The summed E-state index contributed by atoms with van der Waals surface area (Å²) in [5.74, 6) is -0.219. The molecule has 0 aliphatic heterocycles. The maximum Gasteiger partial charge on any atom is 0.262 e. The largest absolute Gasteiger partial charge is 0.598 e. The molecule has 0 saturated carbocycles. The Kier molecular flexibility index (Phi) is 5.88. The molecule has 0 bridgehead atoms. The zero-order valence-corrected chi connectivity index (χ0v) is 15.1. The van der Waals surface area contributed by atoms with Gasteiger partial charge in [-0.3, -0.25) is 4.79 Å². The van der Waals surface area contributed by atoms with Crippen LogP contribution in [-0.2, 0) is 28.5 Å². The number of nitriles is 1. The minimum atomic E-state index is -1.42. The van der Waals surface area contributed by atoms with E-state index in [1.807, 2.05) is 36.4 Å². The maximum absolute atomic E-state index is 12.4. The molecule has 0 spiro atoms. The van der Waals surface area contributed by atoms with Gasteiger partial charge in [0.05, 0.1) is 0 Å². The number of hydrogen-bond acceptors (Lipinski definition) is 5. The van der Waals surface area contributed by atoms with Crippen molar-refractivity contribution in [1.82, 2.24) is 15.3 Å². The molecule has 0 saturated heterocycles. The molecule has 1 unspecified atom stereocenters. The number of nitrogens with zero attached hydrogens (tertiary/aromatic N) is 2. The number of carbonyl (C=O) groups excluding carboxylic acids is 1. The lowest BCUT2D eigenvalue weighted by molar-refractivity contribution is -0.117. The lowest BCUT2D eigenvalue weighted by Gasteiger charge is -2.07. The van der Waals surface area contributed by atoms with Gasteiger partial charge >= 0.3 is 0 Å². The van der Waals surface area contributed by atoms with Crippen molar-refractivity contribution >= 4 is 34.4 Å². The van der Waals surface area contributed by atoms with Crippen LogP contribution >= 0.6 is 0 Å². The van der Waals surface area contributed by atoms with Gasteiger partial charge in [-0.2, -0.15) is 10.4 Å². The van der Waals surface area contributed by atoms with E-state index in [1.54, 1.807) is 18.5 Å². The molecule has 8 heteroatoms. The molecule has 27 heavy (non-hydrogen) atoms. The Labute approximate surface area is 159 Å². The van der Waals surface area contributed by atoms with Crippen LogP contribution in [0.4, 0.5) is 0 Å². The van der Waals surface area contributed by atoms with Gasteiger partial charge in [0.1, 0.15) is 23.0 Å². The van der Waals surface area contributed by atoms with Gasteiger partial charge in [-0.15, -0.1) is 0 Å². The van der Waals surface area contributed by atoms with Crippen molar-refractivity contribution in [1.29, 1.82) is 5.26 Å². The number of hydrogen-bond donors (Lipinski definition) is 3. The van der Waals surface area contributed by atoms with Gasteiger partial charge in [0.2, 0.25) is 0 Å². The predicted octanol–water partition coefficient (Wildman–Crippen LogP) is 1.91. The number of amides is 1. The van der Waals surface area contributed by atoms with Gasteiger partial charge in [0.15, 0.2) is 0 Å². The van der Waals surface area contributed by atoms with E-state index in [9.17, 15) is 14.6 Å². The van der Waals surface area contributed by atoms with Gasteiger partial charge in [0.25, 0.3) is 5.91 Å². The monoisotopic (exact) mass is 379 g/mol. The highest BCUT2D eigenvalue weighted by Crippen LogP contribution is 2.18. The molecular formula is C19H17N5O2S. The minimum Gasteiger partial charge on any atom is -0.598 e. The molecule has 0 aliphatic rings. The topological polar surface area (TPSA) is 131 Å². The summed E-state index contributed by atoms with van der Waals surface area (Å²) in [6, 6.07) is 12.9. The summed E-state index contributed by atoms with van der Waals surface area (Å²) < 4.78 is 11.1. The number of benzene rings is 1. The van der Waals surface area contributed by atoms with E-state index in [4.69, 9.17) is 5.14 Å². The number of aromatic nitrogens is 2. The van der Waals surface area contributed by atoms with E-state index >= 15 is 0 Å². The third-order valence-electron chi connectivity index (χ3n) is 3.90. The zero-order valence-electron chi connectivity index (χ0n) is 14.3. The first-order valence-corrected chi connectivity index (χ1v) is 9.47. The summed E-state index contributed by atoms with van der Waals surface area (Å²) in [4.78, 5) is 19.6. The second-order valence-electron chi connectivity index (χ2n) is 5.84. The quantitative estimate of drug-likeness (QED) is 0.342. The predicted molar refractivity (Wildman–Crippen MR) is 104 cm³/mol. The molecule has 4 N–H and O–H groups in total. The molecule has 1 aromatic carbocycles. The highest BCUT2D eigenvalue weighted by Gasteiger charge is 2.11. The number of fused-ring (bicyclic) bond motifs is 1. The Balaban J connectivity index is 1.72. The highest BCUT2D eigenvalue weighted by atomic mass is 32.2. The molecule has 0 radical (unpaired) electrons. The van der Waals surface area contributed by atoms with Gasteiger partial charge in [0, 0.05) is 46.8 Å². The van der Waals surface area contributed by atoms with Gasteiger partial charge < -0.3 is 14.9 Å². The molecule has 1 atom stereocenters. The Bertz CT molecular complexity index is 1040. The van der Waals surface area contributed by atoms with Crippen LogP contribution in [0.25, 0.3) is 17.1 Å². The highest BCUT2D eigenvalue weighted by molar-refractivity contribution is 7.88. The van der Waals surface area contributed by atoms with Crippen LogP contribution in [0, 0.1) is 11.3 Å². The second kappa shape index (κ2) is 8.51. The number of pyridine rings is 1. The molecule has 0 fully saturated rings. The average molecular weight is 379 g/mol. The van der Waals surface area contributed by atoms with Crippen LogP contribution in [0.5, 0.6) is 0 Å². The summed E-state index contributed by atoms with van der Waals surface area (Å²) in [7, 11) is 0. The molecule has 2 heterocycles. The van der Waals surface area contributed by atoms with E-state index in [0.717, 1.165) is 22.1 Å². The number of nitrogens with one attached hydrogen (secondary N) is 2. The van der Waals surface area contributed by atoms with Gasteiger partial charge in [-0.1, -0.05) is 18.2 Å². The fraction of sp³-hybridized carbons (Fsp3) is 0.105. The van der Waals surface area contributed by atoms with Crippen molar-refractivity contribution < 1.29 is 9.35 Å². The fourth-order valence-corrected chi connectivity index (χ4v) is 3.18. The third-order valence-corrected chi connectivity index (χ3v) is 4.52. The molecule has 3 rings (SSSR count). The standard InChI is InChI=1S/C19H17N5O2S/c20-9-15(8-16-11-23-18-17(16)5-2-6-22-18)19(25)24-10-13-3-1-4-14(7-13)12-27(21)26/h1-8,11H,10,12,21H2,(H,22,23)(H,24,25)/b15-8+. The third kappa shape index (κ3) is 4.74. The van der Waals surface area contributed by atoms with Crippen LogP contribution in [0.3, 0.4) is 0 Å². The van der Waals surface area contributed by atoms with Crippen molar-refractivity contribution in [3.05, 3.63) is 71.1 Å². The molecule has 0 aliphatic carbocycles. The summed E-state index contributed by atoms with van der Waals surface area (Å²) in [5.41, 5.74) is 3.07. The Hall–Kier alpha value is -3.12. The lowest BCUT2D eigenvalue weighted by Crippen LogP contribution is -2.24. The Morgan fingerprint density at radius 1 is 1.37 bits per heavy atom. The molecule has 7 nitrogen and oxygen atoms in total. The fourth-order valence-electron chi connectivity index (χ4n) is 2.67. The number of rotatable bonds is 6. The van der Waals surface area contributed by atoms with Crippen molar-refractivity contribution in [2.75, 3.05) is 0 Å². The maximum atomic E-state index is 12.4. The van der Waals surface area contributed by atoms with Crippen molar-refractivity contribution in [3.63, 3.8) is 0 Å². The van der Waals surface area contributed by atoms with E-state index in [0.29, 0.717) is 5.65 Å². The van der Waals surface area contributed by atoms with Crippen LogP contribution < -0.4 is 10.5 Å². The van der Waals surface area contributed by atoms with Gasteiger partial charge in [-0.05, 0) is 29.8 Å². The lowest BCUT2D eigenvalue weighted by atomic mass is 10.1. The van der Waals surface area contributed by atoms with Crippen LogP contribution in [0.2, 0.25) is 0 Å². The van der Waals surface area contributed by atoms with Crippen LogP contribution in [-0.4, -0.2) is 20.4 Å². The van der Waals surface area contributed by atoms with E-state index in [2.05, 4.69) is 15.3 Å². The Morgan fingerprint density at radius 2 is 2.19 bits per heavy atom. The number of carbonyl (C=O) groups is 1. The van der Waals surface area contributed by atoms with E-state index in [1.165, 1.54) is 6.08 Å². The molecule has 136 valence electrons. The zero-order chi connectivity index (χ0) is 19.2. The van der Waals surface area contributed by atoms with Crippen molar-refractivity contribution in [2.45, 2.75) is 12.3 Å². The first-order chi connectivity index (χ1) is 13.1. The summed E-state index contributed by atoms with van der Waals surface area (Å²) in [6.45, 7) is 0.248. The molecule has 2 aromatic heterocycles. The van der Waals surface area contributed by atoms with Crippen LogP contribution in [0.15, 0.2) is 54.4 Å². The normalized spacial score (nSPS) is 12.6. The summed E-state index contributed by atoms with van der Waals surface area (Å²) in [5, 5.41) is 18.2. The number of aromatic amines is 1. The second-order valence-corrected chi connectivity index (χ2v) is 6.89. The summed E-state index contributed by atoms with van der Waals surface area (Å²) >= 11 is -1.42. The van der Waals surface area contributed by atoms with Gasteiger partial charge in [-0.25, -0.2) is 4.98 Å². The first-order valence-electron chi connectivity index (χ1n) is 8.09. The van der Waals surface area contributed by atoms with Crippen LogP contribution in [0.1, 0.15) is 16.7 Å². The first kappa shape index (κ1) is 18.7. The smallest absolute Gasteiger partial charge is 0.262 e. The Morgan fingerprint density at radius 3 is 2.96 bits per heavy atom. The van der Waals surface area contributed by atoms with E-state index < -0.39 is 17.3 Å². The molecule has 1 amide bonds. The number of H-pyrrole nitrogens is 1. The van der Waals surface area contributed by atoms with E-state index in [-0.39, 0.29) is 17.9 Å². The van der Waals surface area contributed by atoms with Crippen molar-refractivity contribution in [2.24, 2.45) is 5.14 Å². The molecule has 3 aromatic rings. The van der Waals surface area contributed by atoms with Crippen molar-refractivity contribution in [3.8, 4) is 6.07 Å². The molecular weight excluding hydrogens is 362 g/mol. The SMILES string of the molecule is N#C/C(=C\c1c[nH]c2ncccc12)C(=O)NCc1cccc(C[S+](N)[O-])c1. The number of nitrogens with two attached hydrogens (primary N) is 1. The minimum absolute atomic E-state index is 0.000954. The summed E-state index contributed by atoms with van der Waals surface area (Å²) in [6.07, 6.45) is 4.90. The average Bonchev–Trinajstić information content (AvgIpc) is 3.07.